The standard InChI is InChI=1S/C12H15N3O4/c1-7-3-4-8(5-9(7)11(17)18)14-12(19)15(2)6-10(13)16/h3-5H,6H2,1-2H3,(H2,13,16)(H,14,19)(H,17,18). The molecule has 19 heavy (non-hydrogen) atoms. The average Bonchev–Trinajstić information content (AvgIpc) is 2.30. The van der Waals surface area contributed by atoms with Crippen molar-refractivity contribution < 1.29 is 19.5 Å². The first-order valence-electron chi connectivity index (χ1n) is 5.45. The minimum atomic E-state index is -1.07. The van der Waals surface area contributed by atoms with E-state index in [0.717, 1.165) is 4.90 Å². The number of aromatic carboxylic acids is 1. The van der Waals surface area contributed by atoms with E-state index >= 15 is 0 Å². The third kappa shape index (κ3) is 3.98. The molecule has 7 heteroatoms. The number of aryl methyl sites for hydroxylation is 1. The normalized spacial score (nSPS) is 9.79. The van der Waals surface area contributed by atoms with Gasteiger partial charge in [-0.25, -0.2) is 9.59 Å². The summed E-state index contributed by atoms with van der Waals surface area (Å²) in [7, 11) is 1.41. The number of nitrogens with zero attached hydrogens (tertiary/aromatic N) is 1. The molecule has 7 nitrogen and oxygen atoms in total. The number of benzene rings is 1. The third-order valence-electron chi connectivity index (χ3n) is 2.46. The number of hydrogen-bond acceptors (Lipinski definition) is 3. The number of amides is 3. The molecule has 102 valence electrons. The van der Waals surface area contributed by atoms with Crippen molar-refractivity contribution in [2.75, 3.05) is 18.9 Å². The largest absolute Gasteiger partial charge is 0.478 e. The second-order valence-corrected chi connectivity index (χ2v) is 4.09. The third-order valence-corrected chi connectivity index (χ3v) is 2.46. The lowest BCUT2D eigenvalue weighted by atomic mass is 10.1. The Morgan fingerprint density at radius 1 is 1.37 bits per heavy atom. The number of anilines is 1. The fourth-order valence-electron chi connectivity index (χ4n) is 1.45. The van der Waals surface area contributed by atoms with Crippen molar-refractivity contribution in [3.8, 4) is 0 Å². The van der Waals surface area contributed by atoms with Gasteiger partial charge in [0.1, 0.15) is 6.54 Å². The molecule has 3 amide bonds. The van der Waals surface area contributed by atoms with Crippen LogP contribution in [0.5, 0.6) is 0 Å². The van der Waals surface area contributed by atoms with Crippen molar-refractivity contribution in [2.45, 2.75) is 6.92 Å². The molecule has 0 spiro atoms. The molecule has 0 atom stereocenters. The van der Waals surface area contributed by atoms with Gasteiger partial charge in [-0.05, 0) is 24.6 Å². The number of hydrogen-bond donors (Lipinski definition) is 3. The molecule has 0 bridgehead atoms. The zero-order chi connectivity index (χ0) is 14.6. The highest BCUT2D eigenvalue weighted by Crippen LogP contribution is 2.15. The first kappa shape index (κ1) is 14.5. The SMILES string of the molecule is Cc1ccc(NC(=O)N(C)CC(N)=O)cc1C(=O)O. The van der Waals surface area contributed by atoms with Gasteiger partial charge in [0.2, 0.25) is 5.91 Å². The summed E-state index contributed by atoms with van der Waals surface area (Å²) in [6, 6.07) is 3.98. The summed E-state index contributed by atoms with van der Waals surface area (Å²) in [6.45, 7) is 1.44. The van der Waals surface area contributed by atoms with Crippen LogP contribution in [-0.2, 0) is 4.79 Å². The maximum Gasteiger partial charge on any atom is 0.336 e. The molecule has 0 heterocycles. The zero-order valence-electron chi connectivity index (χ0n) is 10.6. The van der Waals surface area contributed by atoms with Gasteiger partial charge in [0.25, 0.3) is 0 Å². The van der Waals surface area contributed by atoms with Gasteiger partial charge in [-0.15, -0.1) is 0 Å². The van der Waals surface area contributed by atoms with Crippen molar-refractivity contribution in [3.05, 3.63) is 29.3 Å². The van der Waals surface area contributed by atoms with E-state index in [0.29, 0.717) is 11.3 Å². The topological polar surface area (TPSA) is 113 Å². The van der Waals surface area contributed by atoms with E-state index in [1.165, 1.54) is 13.1 Å². The predicted octanol–water partition coefficient (Wildman–Crippen LogP) is 0.642. The van der Waals surface area contributed by atoms with Gasteiger partial charge in [-0.2, -0.15) is 0 Å². The molecule has 1 rings (SSSR count). The number of urea groups is 1. The molecule has 0 saturated carbocycles. The summed E-state index contributed by atoms with van der Waals surface area (Å²) in [5, 5.41) is 11.5. The maximum atomic E-state index is 11.7. The quantitative estimate of drug-likeness (QED) is 0.741. The van der Waals surface area contributed by atoms with Crippen LogP contribution in [0.1, 0.15) is 15.9 Å². The highest BCUT2D eigenvalue weighted by Gasteiger charge is 2.13. The molecule has 1 aromatic carbocycles. The van der Waals surface area contributed by atoms with E-state index in [4.69, 9.17) is 10.8 Å². The second kappa shape index (κ2) is 5.85. The number of nitrogens with two attached hydrogens (primary N) is 1. The van der Waals surface area contributed by atoms with Gasteiger partial charge >= 0.3 is 12.0 Å². The highest BCUT2D eigenvalue weighted by atomic mass is 16.4. The van der Waals surface area contributed by atoms with Gasteiger partial charge in [-0.3, -0.25) is 4.79 Å². The number of carbonyl (C=O) groups excluding carboxylic acids is 2. The van der Waals surface area contributed by atoms with Gasteiger partial charge in [-0.1, -0.05) is 6.07 Å². The van der Waals surface area contributed by atoms with Crippen molar-refractivity contribution in [3.63, 3.8) is 0 Å². The van der Waals surface area contributed by atoms with Crippen LogP contribution in [0.4, 0.5) is 10.5 Å². The number of carboxylic acid groups (broad SMARTS) is 1. The maximum absolute atomic E-state index is 11.7. The number of carbonyl (C=O) groups is 3. The summed E-state index contributed by atoms with van der Waals surface area (Å²) in [5.41, 5.74) is 6.01. The molecule has 0 fully saturated rings. The van der Waals surface area contributed by atoms with Gasteiger partial charge < -0.3 is 21.1 Å². The number of nitrogens with one attached hydrogen (secondary N) is 1. The first-order valence-corrected chi connectivity index (χ1v) is 5.45. The van der Waals surface area contributed by atoms with Crippen LogP contribution in [0.25, 0.3) is 0 Å². The van der Waals surface area contributed by atoms with E-state index in [1.54, 1.807) is 19.1 Å². The molecule has 0 unspecified atom stereocenters. The summed E-state index contributed by atoms with van der Waals surface area (Å²) in [4.78, 5) is 34.4. The number of likely N-dealkylation sites (N-methyl/N-ethyl adjacent to an activating group) is 1. The minimum absolute atomic E-state index is 0.107. The van der Waals surface area contributed by atoms with E-state index in [-0.39, 0.29) is 12.1 Å². The van der Waals surface area contributed by atoms with Gasteiger partial charge in [0.15, 0.2) is 0 Å². The van der Waals surface area contributed by atoms with E-state index in [1.807, 2.05) is 0 Å². The van der Waals surface area contributed by atoms with Crippen LogP contribution in [0.3, 0.4) is 0 Å². The van der Waals surface area contributed by atoms with Crippen LogP contribution >= 0.6 is 0 Å². The molecule has 0 aliphatic heterocycles. The van der Waals surface area contributed by atoms with E-state index in [9.17, 15) is 14.4 Å². The Bertz CT molecular complexity index is 528. The molecule has 0 aromatic heterocycles. The van der Waals surface area contributed by atoms with E-state index < -0.39 is 17.9 Å². The fraction of sp³-hybridized carbons (Fsp3) is 0.250. The lowest BCUT2D eigenvalue weighted by Crippen LogP contribution is -2.38. The Kier molecular flexibility index (Phi) is 4.46. The summed E-state index contributed by atoms with van der Waals surface area (Å²) < 4.78 is 0. The minimum Gasteiger partial charge on any atom is -0.478 e. The smallest absolute Gasteiger partial charge is 0.336 e. The first-order chi connectivity index (χ1) is 8.81. The Morgan fingerprint density at radius 2 is 2.00 bits per heavy atom. The molecule has 1 aromatic rings. The monoisotopic (exact) mass is 265 g/mol. The summed E-state index contributed by atoms with van der Waals surface area (Å²) >= 11 is 0. The molecule has 4 N–H and O–H groups in total. The number of carboxylic acids is 1. The van der Waals surface area contributed by atoms with Crippen LogP contribution < -0.4 is 11.1 Å². The predicted molar refractivity (Wildman–Crippen MR) is 69.0 cm³/mol. The van der Waals surface area contributed by atoms with Crippen LogP contribution in [0.2, 0.25) is 0 Å². The van der Waals surface area contributed by atoms with Gasteiger partial charge in [0.05, 0.1) is 5.56 Å². The van der Waals surface area contributed by atoms with Crippen LogP contribution in [-0.4, -0.2) is 41.5 Å². The number of primary amides is 1. The lowest BCUT2D eigenvalue weighted by molar-refractivity contribution is -0.118. The zero-order valence-corrected chi connectivity index (χ0v) is 10.6. The van der Waals surface area contributed by atoms with Crippen molar-refractivity contribution in [2.24, 2.45) is 5.73 Å². The summed E-state index contributed by atoms with van der Waals surface area (Å²) in [6.07, 6.45) is 0. The molecule has 0 aliphatic carbocycles. The fourth-order valence-corrected chi connectivity index (χ4v) is 1.45. The Hall–Kier alpha value is -2.57. The van der Waals surface area contributed by atoms with Crippen LogP contribution in [0, 0.1) is 6.92 Å². The highest BCUT2D eigenvalue weighted by molar-refractivity contribution is 5.95. The van der Waals surface area contributed by atoms with Crippen molar-refractivity contribution in [1.29, 1.82) is 0 Å². The second-order valence-electron chi connectivity index (χ2n) is 4.09. The average molecular weight is 265 g/mol. The van der Waals surface area contributed by atoms with Gasteiger partial charge in [0, 0.05) is 12.7 Å². The molecule has 0 radical (unpaired) electrons. The van der Waals surface area contributed by atoms with E-state index in [2.05, 4.69) is 5.32 Å². The van der Waals surface area contributed by atoms with Crippen molar-refractivity contribution >= 4 is 23.6 Å². The molecule has 0 saturated heterocycles. The summed E-state index contributed by atoms with van der Waals surface area (Å²) in [5.74, 6) is -1.70. The van der Waals surface area contributed by atoms with Crippen molar-refractivity contribution in [1.82, 2.24) is 4.90 Å². The molecule has 0 aliphatic rings. The Morgan fingerprint density at radius 3 is 2.53 bits per heavy atom. The van der Waals surface area contributed by atoms with Crippen LogP contribution in [0.15, 0.2) is 18.2 Å². The lowest BCUT2D eigenvalue weighted by Gasteiger charge is -2.16. The molecular formula is C12H15N3O4. The Labute approximate surface area is 110 Å². The number of rotatable bonds is 4. The Balaban J connectivity index is 2.83. The molecular weight excluding hydrogens is 250 g/mol.